The predicted octanol–water partition coefficient (Wildman–Crippen LogP) is 3.13. The summed E-state index contributed by atoms with van der Waals surface area (Å²) in [6.45, 7) is 3.32. The zero-order chi connectivity index (χ0) is 13.3. The van der Waals surface area contributed by atoms with Crippen LogP contribution in [0.5, 0.6) is 0 Å². The maximum atomic E-state index is 12.8. The van der Waals surface area contributed by atoms with Gasteiger partial charge < -0.3 is 10.5 Å². The van der Waals surface area contributed by atoms with Crippen LogP contribution in [0, 0.1) is 0 Å². The Kier molecular flexibility index (Phi) is 3.84. The molecule has 2 N–H and O–H groups in total. The van der Waals surface area contributed by atoms with Crippen LogP contribution >= 0.6 is 0 Å². The number of nitrogens with two attached hydrogens (primary N) is 1. The maximum absolute atomic E-state index is 12.8. The van der Waals surface area contributed by atoms with Gasteiger partial charge >= 0.3 is 6.18 Å². The Morgan fingerprint density at radius 3 is 2.18 bits per heavy atom. The molecular formula is C12H16F3NO. The van der Waals surface area contributed by atoms with Crippen LogP contribution in [0.25, 0.3) is 0 Å². The summed E-state index contributed by atoms with van der Waals surface area (Å²) in [6.07, 6.45) is -4.40. The van der Waals surface area contributed by atoms with Crippen molar-refractivity contribution in [3.63, 3.8) is 0 Å². The highest BCUT2D eigenvalue weighted by molar-refractivity contribution is 5.33. The van der Waals surface area contributed by atoms with E-state index in [4.69, 9.17) is 10.5 Å². The van der Waals surface area contributed by atoms with Gasteiger partial charge in [0.2, 0.25) is 0 Å². The molecule has 0 aliphatic carbocycles. The van der Waals surface area contributed by atoms with E-state index < -0.39 is 23.4 Å². The molecule has 17 heavy (non-hydrogen) atoms. The Hall–Kier alpha value is -1.07. The molecule has 0 amide bonds. The minimum absolute atomic E-state index is 0.0480. The SMILES string of the molecule is COC(C)(C)C(N)c1ccccc1C(F)(F)F. The number of halogens is 3. The fourth-order valence-electron chi connectivity index (χ4n) is 1.53. The summed E-state index contributed by atoms with van der Waals surface area (Å²) < 4.78 is 43.5. The maximum Gasteiger partial charge on any atom is 0.416 e. The Morgan fingerprint density at radius 2 is 1.71 bits per heavy atom. The van der Waals surface area contributed by atoms with Crippen molar-refractivity contribution in [2.24, 2.45) is 5.73 Å². The Balaban J connectivity index is 3.23. The lowest BCUT2D eigenvalue weighted by molar-refractivity contribution is -0.139. The molecular weight excluding hydrogens is 231 g/mol. The van der Waals surface area contributed by atoms with Crippen LogP contribution in [0.1, 0.15) is 31.0 Å². The summed E-state index contributed by atoms with van der Waals surface area (Å²) in [5, 5.41) is 0. The van der Waals surface area contributed by atoms with Gasteiger partial charge in [-0.15, -0.1) is 0 Å². The molecule has 0 aliphatic rings. The molecule has 0 aromatic heterocycles. The van der Waals surface area contributed by atoms with E-state index in [0.717, 1.165) is 6.07 Å². The lowest BCUT2D eigenvalue weighted by atomic mass is 9.89. The second kappa shape index (κ2) is 4.66. The highest BCUT2D eigenvalue weighted by Gasteiger charge is 2.38. The largest absolute Gasteiger partial charge is 0.416 e. The predicted molar refractivity (Wildman–Crippen MR) is 59.5 cm³/mol. The third-order valence-electron chi connectivity index (χ3n) is 2.88. The standard InChI is InChI=1S/C12H16F3NO/c1-11(2,17-3)10(16)8-6-4-5-7-9(8)12(13,14)15/h4-7,10H,16H2,1-3H3. The van der Waals surface area contributed by atoms with E-state index in [1.54, 1.807) is 13.8 Å². The van der Waals surface area contributed by atoms with Crippen LogP contribution < -0.4 is 5.73 Å². The molecule has 0 heterocycles. The van der Waals surface area contributed by atoms with Crippen LogP contribution in [0.2, 0.25) is 0 Å². The first-order valence-corrected chi connectivity index (χ1v) is 5.17. The molecule has 0 fully saturated rings. The van der Waals surface area contributed by atoms with Gasteiger partial charge in [-0.1, -0.05) is 18.2 Å². The van der Waals surface area contributed by atoms with Gasteiger partial charge in [0, 0.05) is 7.11 Å². The first-order valence-electron chi connectivity index (χ1n) is 5.17. The quantitative estimate of drug-likeness (QED) is 0.890. The van der Waals surface area contributed by atoms with Crippen molar-refractivity contribution in [3.8, 4) is 0 Å². The highest BCUT2D eigenvalue weighted by atomic mass is 19.4. The normalized spacial score (nSPS) is 14.8. The highest BCUT2D eigenvalue weighted by Crippen LogP contribution is 2.37. The number of hydrogen-bond acceptors (Lipinski definition) is 2. The Morgan fingerprint density at radius 1 is 1.18 bits per heavy atom. The molecule has 1 unspecified atom stereocenters. The van der Waals surface area contributed by atoms with Gasteiger partial charge in [0.1, 0.15) is 0 Å². The lowest BCUT2D eigenvalue weighted by Gasteiger charge is -2.31. The second-order valence-electron chi connectivity index (χ2n) is 4.37. The number of hydrogen-bond donors (Lipinski definition) is 1. The summed E-state index contributed by atoms with van der Waals surface area (Å²) in [4.78, 5) is 0. The fraction of sp³-hybridized carbons (Fsp3) is 0.500. The molecule has 1 aromatic carbocycles. The second-order valence-corrected chi connectivity index (χ2v) is 4.37. The van der Waals surface area contributed by atoms with Crippen molar-refractivity contribution in [3.05, 3.63) is 35.4 Å². The van der Waals surface area contributed by atoms with E-state index in [1.807, 2.05) is 0 Å². The van der Waals surface area contributed by atoms with Gasteiger partial charge in [0.15, 0.2) is 0 Å². The third kappa shape index (κ3) is 2.98. The van der Waals surface area contributed by atoms with Crippen LogP contribution in [0.15, 0.2) is 24.3 Å². The van der Waals surface area contributed by atoms with Crippen LogP contribution in [-0.4, -0.2) is 12.7 Å². The van der Waals surface area contributed by atoms with E-state index in [-0.39, 0.29) is 5.56 Å². The topological polar surface area (TPSA) is 35.2 Å². The summed E-state index contributed by atoms with van der Waals surface area (Å²) in [6, 6.07) is 4.45. The molecule has 0 saturated carbocycles. The number of rotatable bonds is 3. The molecule has 96 valence electrons. The first kappa shape index (κ1) is 14.0. The molecule has 5 heteroatoms. The van der Waals surface area contributed by atoms with Crippen molar-refractivity contribution in [2.75, 3.05) is 7.11 Å². The molecule has 1 aromatic rings. The molecule has 0 spiro atoms. The average Bonchev–Trinajstić information content (AvgIpc) is 2.27. The Labute approximate surface area is 98.6 Å². The summed E-state index contributed by atoms with van der Waals surface area (Å²) >= 11 is 0. The van der Waals surface area contributed by atoms with Gasteiger partial charge in [-0.3, -0.25) is 0 Å². The van der Waals surface area contributed by atoms with Crippen molar-refractivity contribution >= 4 is 0 Å². The number of ether oxygens (including phenoxy) is 1. The molecule has 2 nitrogen and oxygen atoms in total. The fourth-order valence-corrected chi connectivity index (χ4v) is 1.53. The van der Waals surface area contributed by atoms with Crippen molar-refractivity contribution in [2.45, 2.75) is 31.7 Å². The van der Waals surface area contributed by atoms with Crippen LogP contribution in [0.4, 0.5) is 13.2 Å². The van der Waals surface area contributed by atoms with Crippen molar-refractivity contribution in [1.29, 1.82) is 0 Å². The first-order chi connectivity index (χ1) is 7.70. The zero-order valence-corrected chi connectivity index (χ0v) is 10.0. The summed E-state index contributed by atoms with van der Waals surface area (Å²) in [7, 11) is 1.43. The van der Waals surface area contributed by atoms with Crippen LogP contribution in [-0.2, 0) is 10.9 Å². The summed E-state index contributed by atoms with van der Waals surface area (Å²) in [5.74, 6) is 0. The van der Waals surface area contributed by atoms with E-state index in [1.165, 1.54) is 25.3 Å². The molecule has 0 radical (unpaired) electrons. The molecule has 1 atom stereocenters. The molecule has 0 aliphatic heterocycles. The summed E-state index contributed by atoms with van der Waals surface area (Å²) in [5.41, 5.74) is 4.33. The van der Waals surface area contributed by atoms with Crippen molar-refractivity contribution < 1.29 is 17.9 Å². The lowest BCUT2D eigenvalue weighted by Crippen LogP contribution is -2.38. The van der Waals surface area contributed by atoms with E-state index in [0.29, 0.717) is 0 Å². The zero-order valence-electron chi connectivity index (χ0n) is 10.0. The van der Waals surface area contributed by atoms with Gasteiger partial charge in [-0.25, -0.2) is 0 Å². The Bertz CT molecular complexity index is 388. The van der Waals surface area contributed by atoms with Gasteiger partial charge in [-0.05, 0) is 25.5 Å². The third-order valence-corrected chi connectivity index (χ3v) is 2.88. The number of benzene rings is 1. The van der Waals surface area contributed by atoms with E-state index >= 15 is 0 Å². The van der Waals surface area contributed by atoms with E-state index in [9.17, 15) is 13.2 Å². The minimum Gasteiger partial charge on any atom is -0.377 e. The van der Waals surface area contributed by atoms with E-state index in [2.05, 4.69) is 0 Å². The molecule has 0 saturated heterocycles. The van der Waals surface area contributed by atoms with Crippen LogP contribution in [0.3, 0.4) is 0 Å². The monoisotopic (exact) mass is 247 g/mol. The average molecular weight is 247 g/mol. The number of alkyl halides is 3. The van der Waals surface area contributed by atoms with Gasteiger partial charge in [0.05, 0.1) is 17.2 Å². The molecule has 0 bridgehead atoms. The van der Waals surface area contributed by atoms with Crippen molar-refractivity contribution in [1.82, 2.24) is 0 Å². The number of methoxy groups -OCH3 is 1. The van der Waals surface area contributed by atoms with Gasteiger partial charge in [0.25, 0.3) is 0 Å². The van der Waals surface area contributed by atoms with Gasteiger partial charge in [-0.2, -0.15) is 13.2 Å². The molecule has 1 rings (SSSR count). The smallest absolute Gasteiger partial charge is 0.377 e. The minimum atomic E-state index is -4.40.